The van der Waals surface area contributed by atoms with E-state index in [1.165, 1.54) is 38.2 Å². The molecule has 3 rings (SSSR count). The average Bonchev–Trinajstić information content (AvgIpc) is 2.92. The van der Waals surface area contributed by atoms with E-state index in [0.29, 0.717) is 0 Å². The number of halogens is 1. The number of hydrogen-bond acceptors (Lipinski definition) is 3. The van der Waals surface area contributed by atoms with Crippen molar-refractivity contribution in [3.05, 3.63) is 34.3 Å². The summed E-state index contributed by atoms with van der Waals surface area (Å²) in [6.45, 7) is 10.2. The van der Waals surface area contributed by atoms with Crippen LogP contribution < -0.4 is 5.32 Å². The summed E-state index contributed by atoms with van der Waals surface area (Å²) in [5.74, 6) is 0. The van der Waals surface area contributed by atoms with E-state index in [4.69, 9.17) is 11.6 Å². The minimum absolute atomic E-state index is 0.748. The molecule has 0 saturated carbocycles. The molecule has 0 bridgehead atoms. The molecule has 1 atom stereocenters. The summed E-state index contributed by atoms with van der Waals surface area (Å²) in [5, 5.41) is 4.32. The molecule has 2 fully saturated rings. The minimum Gasteiger partial charge on any atom is -0.314 e. The molecule has 0 aliphatic carbocycles. The van der Waals surface area contributed by atoms with Crippen molar-refractivity contribution >= 4 is 11.6 Å². The summed E-state index contributed by atoms with van der Waals surface area (Å²) < 4.78 is 0. The van der Waals surface area contributed by atoms with Gasteiger partial charge in [-0.3, -0.25) is 9.80 Å². The van der Waals surface area contributed by atoms with Crippen LogP contribution in [0.3, 0.4) is 0 Å². The van der Waals surface area contributed by atoms with Gasteiger partial charge in [0, 0.05) is 56.9 Å². The largest absolute Gasteiger partial charge is 0.314 e. The van der Waals surface area contributed by atoms with Gasteiger partial charge in [-0.1, -0.05) is 23.7 Å². The van der Waals surface area contributed by atoms with Crippen LogP contribution in [0.25, 0.3) is 0 Å². The van der Waals surface area contributed by atoms with Gasteiger partial charge in [0.05, 0.1) is 0 Å². The number of nitrogens with one attached hydrogen (secondary N) is 1. The monoisotopic (exact) mass is 293 g/mol. The molecule has 2 heterocycles. The molecule has 2 saturated heterocycles. The molecular formula is C16H24ClN3. The van der Waals surface area contributed by atoms with Crippen LogP contribution in [0, 0.1) is 6.92 Å². The smallest absolute Gasteiger partial charge is 0.0438 e. The van der Waals surface area contributed by atoms with Crippen molar-refractivity contribution < 1.29 is 0 Å². The second-order valence-corrected chi connectivity index (χ2v) is 6.45. The fourth-order valence-corrected chi connectivity index (χ4v) is 3.50. The molecule has 20 heavy (non-hydrogen) atoms. The van der Waals surface area contributed by atoms with E-state index in [-0.39, 0.29) is 0 Å². The molecule has 110 valence electrons. The first-order valence-electron chi connectivity index (χ1n) is 7.64. The van der Waals surface area contributed by atoms with Crippen molar-refractivity contribution in [1.29, 1.82) is 0 Å². The predicted octanol–water partition coefficient (Wildman–Crippen LogP) is 2.13. The van der Waals surface area contributed by atoms with Crippen LogP contribution in [-0.2, 0) is 6.54 Å². The molecule has 1 N–H and O–H groups in total. The third-order valence-corrected chi connectivity index (χ3v) is 4.97. The Morgan fingerprint density at radius 2 is 2.05 bits per heavy atom. The maximum Gasteiger partial charge on any atom is 0.0438 e. The lowest BCUT2D eigenvalue weighted by atomic mass is 10.1. The van der Waals surface area contributed by atoms with Crippen LogP contribution in [0.4, 0.5) is 0 Å². The predicted molar refractivity (Wildman–Crippen MR) is 84.3 cm³/mol. The van der Waals surface area contributed by atoms with Gasteiger partial charge >= 0.3 is 0 Å². The number of likely N-dealkylation sites (tertiary alicyclic amines) is 1. The first kappa shape index (κ1) is 14.3. The van der Waals surface area contributed by atoms with Gasteiger partial charge in [0.1, 0.15) is 0 Å². The van der Waals surface area contributed by atoms with Crippen molar-refractivity contribution in [2.45, 2.75) is 25.9 Å². The van der Waals surface area contributed by atoms with Crippen molar-refractivity contribution in [3.63, 3.8) is 0 Å². The molecule has 2 aliphatic rings. The van der Waals surface area contributed by atoms with Gasteiger partial charge in [0.15, 0.2) is 0 Å². The first-order chi connectivity index (χ1) is 9.72. The van der Waals surface area contributed by atoms with Gasteiger partial charge in [-0.25, -0.2) is 0 Å². The van der Waals surface area contributed by atoms with E-state index in [1.54, 1.807) is 0 Å². The van der Waals surface area contributed by atoms with Crippen LogP contribution in [0.2, 0.25) is 5.02 Å². The van der Waals surface area contributed by atoms with Gasteiger partial charge in [0.2, 0.25) is 0 Å². The van der Waals surface area contributed by atoms with Gasteiger partial charge in [0.25, 0.3) is 0 Å². The van der Waals surface area contributed by atoms with Crippen molar-refractivity contribution in [2.75, 3.05) is 39.3 Å². The zero-order valence-corrected chi connectivity index (χ0v) is 13.0. The Balaban J connectivity index is 1.55. The Bertz CT molecular complexity index is 457. The topological polar surface area (TPSA) is 18.5 Å². The first-order valence-corrected chi connectivity index (χ1v) is 8.02. The number of rotatable bonds is 3. The van der Waals surface area contributed by atoms with Gasteiger partial charge in [-0.15, -0.1) is 0 Å². The molecule has 0 aromatic heterocycles. The molecule has 1 unspecified atom stereocenters. The molecular weight excluding hydrogens is 270 g/mol. The number of hydrogen-bond donors (Lipinski definition) is 1. The lowest BCUT2D eigenvalue weighted by Crippen LogP contribution is -2.49. The fraction of sp³-hybridized carbons (Fsp3) is 0.625. The van der Waals surface area contributed by atoms with Crippen LogP contribution in [0.15, 0.2) is 18.2 Å². The number of piperazine rings is 1. The Morgan fingerprint density at radius 1 is 1.25 bits per heavy atom. The average molecular weight is 294 g/mol. The molecule has 3 nitrogen and oxygen atoms in total. The highest BCUT2D eigenvalue weighted by atomic mass is 35.5. The lowest BCUT2D eigenvalue weighted by molar-refractivity contribution is 0.170. The van der Waals surface area contributed by atoms with Crippen molar-refractivity contribution in [3.8, 4) is 0 Å². The van der Waals surface area contributed by atoms with Crippen LogP contribution in [0.1, 0.15) is 17.5 Å². The fourth-order valence-electron chi connectivity index (χ4n) is 3.29. The normalized spacial score (nSPS) is 25.2. The second-order valence-electron chi connectivity index (χ2n) is 6.05. The molecule has 0 radical (unpaired) electrons. The lowest BCUT2D eigenvalue weighted by Gasteiger charge is -2.32. The standard InChI is InChI=1S/C16H24ClN3/c1-13-2-3-14(10-16(13)17)11-19-7-4-15(12-19)20-8-5-18-6-9-20/h2-3,10,15,18H,4-9,11-12H2,1H3. The highest BCUT2D eigenvalue weighted by Crippen LogP contribution is 2.21. The van der Waals surface area contributed by atoms with Crippen molar-refractivity contribution in [1.82, 2.24) is 15.1 Å². The SMILES string of the molecule is Cc1ccc(CN2CCC(N3CCNCC3)C2)cc1Cl. The molecule has 2 aliphatic heterocycles. The molecule has 1 aromatic rings. The van der Waals surface area contributed by atoms with Crippen LogP contribution in [-0.4, -0.2) is 55.1 Å². The zero-order chi connectivity index (χ0) is 13.9. The van der Waals surface area contributed by atoms with Gasteiger partial charge in [-0.2, -0.15) is 0 Å². The minimum atomic E-state index is 0.748. The third kappa shape index (κ3) is 3.34. The molecule has 1 aromatic carbocycles. The third-order valence-electron chi connectivity index (χ3n) is 4.56. The summed E-state index contributed by atoms with van der Waals surface area (Å²) >= 11 is 6.22. The van der Waals surface area contributed by atoms with Gasteiger partial charge in [-0.05, 0) is 30.5 Å². The Kier molecular flexibility index (Phi) is 4.61. The maximum atomic E-state index is 6.22. The summed E-state index contributed by atoms with van der Waals surface area (Å²) in [7, 11) is 0. The summed E-state index contributed by atoms with van der Waals surface area (Å²) in [5.41, 5.74) is 2.50. The number of aryl methyl sites for hydroxylation is 1. The molecule has 0 spiro atoms. The Hall–Kier alpha value is -0.610. The Morgan fingerprint density at radius 3 is 2.80 bits per heavy atom. The van der Waals surface area contributed by atoms with E-state index >= 15 is 0 Å². The van der Waals surface area contributed by atoms with E-state index in [0.717, 1.165) is 36.3 Å². The summed E-state index contributed by atoms with van der Waals surface area (Å²) in [4.78, 5) is 5.21. The second kappa shape index (κ2) is 6.44. The van der Waals surface area contributed by atoms with Crippen LogP contribution >= 0.6 is 11.6 Å². The maximum absolute atomic E-state index is 6.22. The van der Waals surface area contributed by atoms with Gasteiger partial charge < -0.3 is 5.32 Å². The number of nitrogens with zero attached hydrogens (tertiary/aromatic N) is 2. The highest BCUT2D eigenvalue weighted by Gasteiger charge is 2.28. The number of benzene rings is 1. The van der Waals surface area contributed by atoms with E-state index in [2.05, 4.69) is 40.2 Å². The summed E-state index contributed by atoms with van der Waals surface area (Å²) in [6.07, 6.45) is 1.31. The highest BCUT2D eigenvalue weighted by molar-refractivity contribution is 6.31. The van der Waals surface area contributed by atoms with Crippen LogP contribution in [0.5, 0.6) is 0 Å². The molecule has 4 heteroatoms. The van der Waals surface area contributed by atoms with E-state index < -0.39 is 0 Å². The van der Waals surface area contributed by atoms with Crippen molar-refractivity contribution in [2.24, 2.45) is 0 Å². The van der Waals surface area contributed by atoms with E-state index in [1.807, 2.05) is 0 Å². The summed E-state index contributed by atoms with van der Waals surface area (Å²) in [6, 6.07) is 7.20. The zero-order valence-electron chi connectivity index (χ0n) is 12.2. The molecule has 0 amide bonds. The Labute approximate surface area is 126 Å². The van der Waals surface area contributed by atoms with E-state index in [9.17, 15) is 0 Å². The quantitative estimate of drug-likeness (QED) is 0.921.